The second-order valence-electron chi connectivity index (χ2n) is 2.10. The van der Waals surface area contributed by atoms with Crippen molar-refractivity contribution in [2.45, 2.75) is 18.9 Å². The Bertz CT molecular complexity index is 99.6. The second-order valence-corrected chi connectivity index (χ2v) is 2.10. The first-order valence-corrected chi connectivity index (χ1v) is 2.54. The normalized spacial score (nSPS) is 34.0. The van der Waals surface area contributed by atoms with Crippen molar-refractivity contribution in [2.75, 3.05) is 0 Å². The summed E-state index contributed by atoms with van der Waals surface area (Å²) in [4.78, 5) is 0. The molecule has 1 nitrogen and oxygen atoms in total. The molecule has 2 N–H and O–H groups in total. The maximum Gasteiger partial charge on any atom is 0.0229 e. The van der Waals surface area contributed by atoms with Gasteiger partial charge in [-0.2, -0.15) is 0 Å². The van der Waals surface area contributed by atoms with E-state index < -0.39 is 0 Å². The van der Waals surface area contributed by atoms with Crippen LogP contribution in [0.1, 0.15) is 12.8 Å². The van der Waals surface area contributed by atoms with E-state index in [1.807, 2.05) is 0 Å². The fourth-order valence-corrected chi connectivity index (χ4v) is 0.798. The van der Waals surface area contributed by atoms with Gasteiger partial charge in [0.05, 0.1) is 0 Å². The van der Waals surface area contributed by atoms with Gasteiger partial charge in [0, 0.05) is 12.0 Å². The molecule has 0 atom stereocenters. The van der Waals surface area contributed by atoms with Crippen LogP contribution < -0.4 is 5.73 Å². The molecule has 0 amide bonds. The summed E-state index contributed by atoms with van der Waals surface area (Å²) < 4.78 is 0. The zero-order valence-corrected chi connectivity index (χ0v) is 5.45. The van der Waals surface area contributed by atoms with Gasteiger partial charge in [0.2, 0.25) is 0 Å². The molecule has 0 bridgehead atoms. The van der Waals surface area contributed by atoms with Gasteiger partial charge in [0.25, 0.3) is 0 Å². The van der Waals surface area contributed by atoms with Gasteiger partial charge >= 0.3 is 0 Å². The van der Waals surface area contributed by atoms with Crippen molar-refractivity contribution in [2.24, 2.45) is 11.7 Å². The zero-order valence-electron chi connectivity index (χ0n) is 4.63. The molecule has 0 heterocycles. The van der Waals surface area contributed by atoms with Crippen LogP contribution in [0.15, 0.2) is 0 Å². The molecule has 0 aromatic carbocycles. The van der Waals surface area contributed by atoms with Crippen molar-refractivity contribution in [1.29, 1.82) is 0 Å². The molecule has 0 aromatic rings. The van der Waals surface area contributed by atoms with E-state index >= 15 is 0 Å². The highest BCUT2D eigenvalue weighted by atomic mass is 35.5. The molecule has 2 heteroatoms. The van der Waals surface area contributed by atoms with E-state index in [2.05, 4.69) is 5.92 Å². The Balaban J connectivity index is 0.000000490. The lowest BCUT2D eigenvalue weighted by atomic mass is 9.82. The third kappa shape index (κ3) is 1.40. The van der Waals surface area contributed by atoms with Gasteiger partial charge in [-0.25, -0.2) is 0 Å². The van der Waals surface area contributed by atoms with Crippen LogP contribution in [0.4, 0.5) is 0 Å². The first-order valence-electron chi connectivity index (χ1n) is 2.54. The Kier molecular flexibility index (Phi) is 2.89. The van der Waals surface area contributed by atoms with Crippen LogP contribution in [0.2, 0.25) is 0 Å². The van der Waals surface area contributed by atoms with E-state index in [-0.39, 0.29) is 12.4 Å². The minimum absolute atomic E-state index is 0. The summed E-state index contributed by atoms with van der Waals surface area (Å²) in [6.07, 6.45) is 7.17. The zero-order chi connectivity index (χ0) is 5.28. The fourth-order valence-electron chi connectivity index (χ4n) is 0.798. The molecule has 1 rings (SSSR count). The van der Waals surface area contributed by atoms with Gasteiger partial charge in [0.15, 0.2) is 0 Å². The summed E-state index contributed by atoms with van der Waals surface area (Å²) in [6.45, 7) is 0. The molecule has 1 aliphatic carbocycles. The number of rotatable bonds is 0. The standard InChI is InChI=1S/C6H9N.ClH/c1-2-5-3-6(7)4-5;/h1,5-6H,3-4,7H2;1H. The van der Waals surface area contributed by atoms with Crippen molar-refractivity contribution in [3.05, 3.63) is 0 Å². The molecule has 0 saturated heterocycles. The van der Waals surface area contributed by atoms with Gasteiger partial charge < -0.3 is 5.73 Å². The molecule has 1 fully saturated rings. The SMILES string of the molecule is C#CC1CC(N)C1.Cl. The lowest BCUT2D eigenvalue weighted by Gasteiger charge is -2.27. The van der Waals surface area contributed by atoms with E-state index in [1.165, 1.54) is 0 Å². The molecular formula is C6H10ClN. The van der Waals surface area contributed by atoms with Crippen molar-refractivity contribution < 1.29 is 0 Å². The molecule has 0 spiro atoms. The topological polar surface area (TPSA) is 26.0 Å². The van der Waals surface area contributed by atoms with Crippen molar-refractivity contribution in [3.8, 4) is 12.3 Å². The first-order chi connectivity index (χ1) is 3.33. The molecule has 8 heavy (non-hydrogen) atoms. The molecule has 0 aliphatic heterocycles. The predicted octanol–water partition coefficient (Wildman–Crippen LogP) is 0.779. The van der Waals surface area contributed by atoms with E-state index in [0.29, 0.717) is 12.0 Å². The van der Waals surface area contributed by atoms with Gasteiger partial charge in [-0.3, -0.25) is 0 Å². The number of terminal acetylenes is 1. The molecule has 1 aliphatic rings. The largest absolute Gasteiger partial charge is 0.328 e. The Morgan fingerprint density at radius 3 is 2.12 bits per heavy atom. The average molecular weight is 132 g/mol. The Labute approximate surface area is 56.1 Å². The third-order valence-electron chi connectivity index (χ3n) is 1.41. The maximum absolute atomic E-state index is 5.45. The Morgan fingerprint density at radius 1 is 1.50 bits per heavy atom. The summed E-state index contributed by atoms with van der Waals surface area (Å²) in [5, 5.41) is 0. The number of halogens is 1. The maximum atomic E-state index is 5.45. The Morgan fingerprint density at radius 2 is 2.00 bits per heavy atom. The van der Waals surface area contributed by atoms with Crippen LogP contribution in [0.25, 0.3) is 0 Å². The third-order valence-corrected chi connectivity index (χ3v) is 1.41. The van der Waals surface area contributed by atoms with E-state index in [9.17, 15) is 0 Å². The molecule has 0 aromatic heterocycles. The summed E-state index contributed by atoms with van der Waals surface area (Å²) >= 11 is 0. The number of hydrogen-bond donors (Lipinski definition) is 1. The fraction of sp³-hybridized carbons (Fsp3) is 0.667. The second kappa shape index (κ2) is 2.96. The smallest absolute Gasteiger partial charge is 0.0229 e. The highest BCUT2D eigenvalue weighted by Crippen LogP contribution is 2.23. The van der Waals surface area contributed by atoms with Gasteiger partial charge in [0.1, 0.15) is 0 Å². The van der Waals surface area contributed by atoms with E-state index in [1.54, 1.807) is 0 Å². The average Bonchev–Trinajstić information content (AvgIpc) is 1.58. The minimum atomic E-state index is 0. The van der Waals surface area contributed by atoms with Gasteiger partial charge in [-0.05, 0) is 12.8 Å². The summed E-state index contributed by atoms with van der Waals surface area (Å²) in [5.74, 6) is 3.15. The molecule has 46 valence electrons. The minimum Gasteiger partial charge on any atom is -0.328 e. The van der Waals surface area contributed by atoms with Crippen LogP contribution in [0.3, 0.4) is 0 Å². The van der Waals surface area contributed by atoms with Crippen molar-refractivity contribution in [1.82, 2.24) is 0 Å². The Hall–Kier alpha value is -0.190. The lowest BCUT2D eigenvalue weighted by molar-refractivity contribution is 0.335. The summed E-state index contributed by atoms with van der Waals surface area (Å²) in [5.41, 5.74) is 5.45. The highest BCUT2D eigenvalue weighted by molar-refractivity contribution is 5.85. The van der Waals surface area contributed by atoms with E-state index in [4.69, 9.17) is 12.2 Å². The summed E-state index contributed by atoms with van der Waals surface area (Å²) in [7, 11) is 0. The quantitative estimate of drug-likeness (QED) is 0.483. The van der Waals surface area contributed by atoms with Crippen LogP contribution in [-0.4, -0.2) is 6.04 Å². The number of hydrogen-bond acceptors (Lipinski definition) is 1. The monoisotopic (exact) mass is 131 g/mol. The highest BCUT2D eigenvalue weighted by Gasteiger charge is 2.22. The van der Waals surface area contributed by atoms with Crippen LogP contribution in [-0.2, 0) is 0 Å². The first kappa shape index (κ1) is 7.81. The number of nitrogens with two attached hydrogens (primary N) is 1. The summed E-state index contributed by atoms with van der Waals surface area (Å²) in [6, 6.07) is 0.404. The molecule has 1 saturated carbocycles. The lowest BCUT2D eigenvalue weighted by Crippen LogP contribution is -2.35. The van der Waals surface area contributed by atoms with Crippen LogP contribution in [0.5, 0.6) is 0 Å². The predicted molar refractivity (Wildman–Crippen MR) is 36.8 cm³/mol. The van der Waals surface area contributed by atoms with Crippen molar-refractivity contribution in [3.63, 3.8) is 0 Å². The molecule has 0 unspecified atom stereocenters. The van der Waals surface area contributed by atoms with Crippen molar-refractivity contribution >= 4 is 12.4 Å². The molecule has 0 radical (unpaired) electrons. The van der Waals surface area contributed by atoms with Gasteiger partial charge in [-0.1, -0.05) is 0 Å². The van der Waals surface area contributed by atoms with Gasteiger partial charge in [-0.15, -0.1) is 24.8 Å². The van der Waals surface area contributed by atoms with Crippen LogP contribution in [0, 0.1) is 18.3 Å². The van der Waals surface area contributed by atoms with Crippen LogP contribution >= 0.6 is 12.4 Å². The van der Waals surface area contributed by atoms with E-state index in [0.717, 1.165) is 12.8 Å². The molecular weight excluding hydrogens is 122 g/mol.